The van der Waals surface area contributed by atoms with Gasteiger partial charge in [-0.15, -0.1) is 13.2 Å². The van der Waals surface area contributed by atoms with Crippen LogP contribution in [0.4, 0.5) is 13.2 Å². The molecule has 15 heavy (non-hydrogen) atoms. The Morgan fingerprint density at radius 2 is 1.93 bits per heavy atom. The molecule has 7 heteroatoms. The highest BCUT2D eigenvalue weighted by molar-refractivity contribution is 5.68. The van der Waals surface area contributed by atoms with E-state index in [-0.39, 0.29) is 12.8 Å². The molecule has 0 heterocycles. The van der Waals surface area contributed by atoms with Gasteiger partial charge in [0.05, 0.1) is 12.2 Å². The second kappa shape index (κ2) is 4.80. The molecule has 0 aromatic rings. The maximum Gasteiger partial charge on any atom is 0.522 e. The third-order valence-electron chi connectivity index (χ3n) is 2.08. The number of aliphatic carboxylic acids is 1. The number of carboxylic acid groups (broad SMARTS) is 1. The lowest BCUT2D eigenvalue weighted by Gasteiger charge is -2.14. The van der Waals surface area contributed by atoms with Crippen molar-refractivity contribution in [2.75, 3.05) is 6.61 Å². The van der Waals surface area contributed by atoms with Crippen molar-refractivity contribution in [3.05, 3.63) is 0 Å². The van der Waals surface area contributed by atoms with Gasteiger partial charge in [-0.3, -0.25) is 4.74 Å². The molecule has 0 aromatic carbocycles. The molecule has 0 radical (unpaired) electrons. The van der Waals surface area contributed by atoms with E-state index in [0.29, 0.717) is 6.42 Å². The summed E-state index contributed by atoms with van der Waals surface area (Å²) in [6.07, 6.45) is -5.27. The molecule has 2 unspecified atom stereocenters. The Labute approximate surface area is 84.0 Å². The van der Waals surface area contributed by atoms with Crippen LogP contribution in [0.1, 0.15) is 19.3 Å². The van der Waals surface area contributed by atoms with Crippen molar-refractivity contribution < 1.29 is 32.5 Å². The minimum atomic E-state index is -4.63. The summed E-state index contributed by atoms with van der Waals surface area (Å²) in [5.41, 5.74) is 0. The Morgan fingerprint density at radius 3 is 2.47 bits per heavy atom. The molecule has 1 saturated carbocycles. The van der Waals surface area contributed by atoms with Crippen molar-refractivity contribution in [3.8, 4) is 0 Å². The summed E-state index contributed by atoms with van der Waals surface area (Å²) in [5.74, 6) is -1.13. The summed E-state index contributed by atoms with van der Waals surface area (Å²) < 4.78 is 44.0. The van der Waals surface area contributed by atoms with E-state index >= 15 is 0 Å². The van der Waals surface area contributed by atoms with Gasteiger partial charge in [-0.2, -0.15) is 0 Å². The highest BCUT2D eigenvalue weighted by atomic mass is 19.4. The second-order valence-electron chi connectivity index (χ2n) is 3.33. The average Bonchev–Trinajstić information content (AvgIpc) is 2.45. The maximum absolute atomic E-state index is 11.8. The molecule has 0 saturated heterocycles. The monoisotopic (exact) mass is 228 g/mol. The first-order valence-corrected chi connectivity index (χ1v) is 4.45. The third-order valence-corrected chi connectivity index (χ3v) is 2.08. The summed E-state index contributed by atoms with van der Waals surface area (Å²) in [7, 11) is 0. The van der Waals surface area contributed by atoms with Crippen LogP contribution in [-0.4, -0.2) is 36.3 Å². The highest BCUT2D eigenvalue weighted by Crippen LogP contribution is 2.30. The standard InChI is InChI=1S/C8H11F3O4/c9-8(10,11)15-6-2-1-5(3-6)14-4-7(12)13/h5-6H,1-4H2,(H,12,13). The third kappa shape index (κ3) is 4.98. The topological polar surface area (TPSA) is 55.8 Å². The number of halogens is 3. The predicted octanol–water partition coefficient (Wildman–Crippen LogP) is 1.55. The van der Waals surface area contributed by atoms with Gasteiger partial charge in [-0.05, 0) is 12.8 Å². The van der Waals surface area contributed by atoms with Crippen LogP contribution in [0.3, 0.4) is 0 Å². The molecule has 0 aliphatic heterocycles. The van der Waals surface area contributed by atoms with Crippen molar-refractivity contribution in [3.63, 3.8) is 0 Å². The first-order chi connectivity index (χ1) is 6.87. The van der Waals surface area contributed by atoms with Crippen LogP contribution in [0, 0.1) is 0 Å². The predicted molar refractivity (Wildman–Crippen MR) is 42.2 cm³/mol. The molecule has 0 amide bonds. The minimum Gasteiger partial charge on any atom is -0.480 e. The molecule has 4 nitrogen and oxygen atoms in total. The summed E-state index contributed by atoms with van der Waals surface area (Å²) in [6, 6.07) is 0. The van der Waals surface area contributed by atoms with E-state index in [9.17, 15) is 18.0 Å². The smallest absolute Gasteiger partial charge is 0.480 e. The van der Waals surface area contributed by atoms with Crippen LogP contribution in [-0.2, 0) is 14.3 Å². The summed E-state index contributed by atoms with van der Waals surface area (Å²) >= 11 is 0. The molecule has 0 bridgehead atoms. The summed E-state index contributed by atoms with van der Waals surface area (Å²) in [4.78, 5) is 10.1. The van der Waals surface area contributed by atoms with Crippen LogP contribution in [0.5, 0.6) is 0 Å². The van der Waals surface area contributed by atoms with Gasteiger partial charge in [0.25, 0.3) is 0 Å². The molecule has 1 fully saturated rings. The molecular weight excluding hydrogens is 217 g/mol. The SMILES string of the molecule is O=C(O)COC1CCC(OC(F)(F)F)C1. The van der Waals surface area contributed by atoms with Crippen molar-refractivity contribution in [1.29, 1.82) is 0 Å². The first kappa shape index (κ1) is 12.3. The highest BCUT2D eigenvalue weighted by Gasteiger charge is 2.37. The van der Waals surface area contributed by atoms with E-state index in [1.165, 1.54) is 0 Å². The number of carbonyl (C=O) groups is 1. The molecule has 1 N–H and O–H groups in total. The molecular formula is C8H11F3O4. The van der Waals surface area contributed by atoms with E-state index in [1.54, 1.807) is 0 Å². The van der Waals surface area contributed by atoms with Gasteiger partial charge in [0.1, 0.15) is 6.61 Å². The fourth-order valence-electron chi connectivity index (χ4n) is 1.54. The Hall–Kier alpha value is -0.820. The quantitative estimate of drug-likeness (QED) is 0.793. The summed E-state index contributed by atoms with van der Waals surface area (Å²) in [6.45, 7) is -0.483. The van der Waals surface area contributed by atoms with Crippen molar-refractivity contribution in [2.24, 2.45) is 0 Å². The minimum absolute atomic E-state index is 0.0901. The Bertz CT molecular complexity index is 228. The van der Waals surface area contributed by atoms with E-state index in [1.807, 2.05) is 0 Å². The van der Waals surface area contributed by atoms with Gasteiger partial charge in [0.15, 0.2) is 0 Å². The maximum atomic E-state index is 11.8. The van der Waals surface area contributed by atoms with Crippen LogP contribution in [0.2, 0.25) is 0 Å². The van der Waals surface area contributed by atoms with Crippen LogP contribution in [0.25, 0.3) is 0 Å². The van der Waals surface area contributed by atoms with Gasteiger partial charge >= 0.3 is 12.3 Å². The average molecular weight is 228 g/mol. The summed E-state index contributed by atoms with van der Waals surface area (Å²) in [5, 5.41) is 8.29. The van der Waals surface area contributed by atoms with E-state index in [2.05, 4.69) is 4.74 Å². The normalized spacial score (nSPS) is 26.9. The van der Waals surface area contributed by atoms with Crippen molar-refractivity contribution >= 4 is 5.97 Å². The number of hydrogen-bond acceptors (Lipinski definition) is 3. The fourth-order valence-corrected chi connectivity index (χ4v) is 1.54. The molecule has 0 spiro atoms. The number of carboxylic acids is 1. The molecule has 1 aliphatic carbocycles. The zero-order chi connectivity index (χ0) is 11.5. The molecule has 1 rings (SSSR count). The van der Waals surface area contributed by atoms with Crippen LogP contribution in [0.15, 0.2) is 0 Å². The van der Waals surface area contributed by atoms with E-state index < -0.39 is 31.1 Å². The van der Waals surface area contributed by atoms with Gasteiger partial charge in [-0.25, -0.2) is 4.79 Å². The Kier molecular flexibility index (Phi) is 3.92. The lowest BCUT2D eigenvalue weighted by molar-refractivity contribution is -0.342. The fraction of sp³-hybridized carbons (Fsp3) is 0.875. The number of rotatable bonds is 4. The van der Waals surface area contributed by atoms with Crippen LogP contribution < -0.4 is 0 Å². The van der Waals surface area contributed by atoms with E-state index in [0.717, 1.165) is 0 Å². The Morgan fingerprint density at radius 1 is 1.33 bits per heavy atom. The van der Waals surface area contributed by atoms with E-state index in [4.69, 9.17) is 9.84 Å². The molecule has 2 atom stereocenters. The first-order valence-electron chi connectivity index (χ1n) is 4.45. The van der Waals surface area contributed by atoms with Gasteiger partial charge in [-0.1, -0.05) is 0 Å². The second-order valence-corrected chi connectivity index (χ2v) is 3.33. The number of ether oxygens (including phenoxy) is 2. The lowest BCUT2D eigenvalue weighted by Crippen LogP contribution is -2.23. The van der Waals surface area contributed by atoms with Crippen molar-refractivity contribution in [2.45, 2.75) is 37.8 Å². The van der Waals surface area contributed by atoms with Crippen LogP contribution >= 0.6 is 0 Å². The van der Waals surface area contributed by atoms with Gasteiger partial charge in [0, 0.05) is 6.42 Å². The molecule has 88 valence electrons. The van der Waals surface area contributed by atoms with Gasteiger partial charge < -0.3 is 9.84 Å². The van der Waals surface area contributed by atoms with Gasteiger partial charge in [0.2, 0.25) is 0 Å². The molecule has 1 aliphatic rings. The number of alkyl halides is 3. The lowest BCUT2D eigenvalue weighted by atomic mass is 10.3. The molecule has 0 aromatic heterocycles. The Balaban J connectivity index is 2.24. The zero-order valence-corrected chi connectivity index (χ0v) is 7.79. The van der Waals surface area contributed by atoms with Crippen molar-refractivity contribution in [1.82, 2.24) is 0 Å². The number of hydrogen-bond donors (Lipinski definition) is 1. The zero-order valence-electron chi connectivity index (χ0n) is 7.79. The largest absolute Gasteiger partial charge is 0.522 e.